The molecule has 3 heterocycles. The number of hydrogen-bond acceptors (Lipinski definition) is 5. The van der Waals surface area contributed by atoms with Gasteiger partial charge in [-0.15, -0.1) is 0 Å². The van der Waals surface area contributed by atoms with Crippen LogP contribution >= 0.6 is 23.2 Å². The summed E-state index contributed by atoms with van der Waals surface area (Å²) < 4.78 is 17.3. The lowest BCUT2D eigenvalue weighted by molar-refractivity contribution is -0.131. The van der Waals surface area contributed by atoms with Gasteiger partial charge in [0.05, 0.1) is 24.7 Å². The van der Waals surface area contributed by atoms with Gasteiger partial charge < -0.3 is 18.8 Å². The van der Waals surface area contributed by atoms with Gasteiger partial charge in [-0.3, -0.25) is 4.79 Å². The molecule has 1 fully saturated rings. The number of carbonyl (C=O) groups excluding carboxylic acids is 1. The molecule has 2 aromatic carbocycles. The van der Waals surface area contributed by atoms with Crippen LogP contribution in [0.15, 0.2) is 34.7 Å². The fourth-order valence-corrected chi connectivity index (χ4v) is 4.60. The van der Waals surface area contributed by atoms with E-state index in [4.69, 9.17) is 37.1 Å². The second-order valence-corrected chi connectivity index (χ2v) is 8.80. The molecule has 1 aromatic heterocycles. The second kappa shape index (κ2) is 8.60. The number of rotatable bonds is 3. The fraction of sp³-hybridized carbons (Fsp3) is 0.391. The van der Waals surface area contributed by atoms with Crippen molar-refractivity contribution in [2.45, 2.75) is 31.6 Å². The summed E-state index contributed by atoms with van der Waals surface area (Å²) in [6.07, 6.45) is 2.71. The predicted octanol–water partition coefficient (Wildman–Crippen LogP) is 5.24. The molecule has 0 saturated carbocycles. The predicted molar refractivity (Wildman–Crippen MR) is 118 cm³/mol. The number of benzene rings is 2. The maximum atomic E-state index is 12.9. The number of halogens is 2. The average molecular weight is 461 g/mol. The largest absolute Gasteiger partial charge is 0.489 e. The number of piperidine rings is 1. The zero-order chi connectivity index (χ0) is 21.4. The first-order valence-corrected chi connectivity index (χ1v) is 11.2. The fourth-order valence-electron chi connectivity index (χ4n) is 4.14. The smallest absolute Gasteiger partial charge is 0.226 e. The number of aromatic nitrogens is 1. The molecule has 31 heavy (non-hydrogen) atoms. The molecule has 0 atom stereocenters. The number of likely N-dealkylation sites (tertiary alicyclic amines) is 1. The van der Waals surface area contributed by atoms with Gasteiger partial charge in [-0.1, -0.05) is 23.2 Å². The molecule has 5 rings (SSSR count). The van der Waals surface area contributed by atoms with E-state index in [2.05, 4.69) is 4.98 Å². The Morgan fingerprint density at radius 2 is 1.90 bits per heavy atom. The van der Waals surface area contributed by atoms with E-state index in [9.17, 15) is 4.79 Å². The summed E-state index contributed by atoms with van der Waals surface area (Å²) in [5.74, 6) is 2.17. The lowest BCUT2D eigenvalue weighted by Gasteiger charge is -2.30. The zero-order valence-electron chi connectivity index (χ0n) is 16.9. The topological polar surface area (TPSA) is 64.8 Å². The Kier molecular flexibility index (Phi) is 5.67. The molecule has 162 valence electrons. The van der Waals surface area contributed by atoms with Gasteiger partial charge in [0, 0.05) is 30.5 Å². The van der Waals surface area contributed by atoms with Crippen molar-refractivity contribution >= 4 is 40.2 Å². The molecule has 0 N–H and O–H groups in total. The summed E-state index contributed by atoms with van der Waals surface area (Å²) in [6, 6.07) is 9.10. The van der Waals surface area contributed by atoms with Gasteiger partial charge in [-0.2, -0.15) is 0 Å². The third-order valence-electron chi connectivity index (χ3n) is 5.78. The van der Waals surface area contributed by atoms with E-state index in [0.29, 0.717) is 47.8 Å². The van der Waals surface area contributed by atoms with E-state index in [-0.39, 0.29) is 18.2 Å². The van der Waals surface area contributed by atoms with Gasteiger partial charge in [0.1, 0.15) is 5.52 Å². The van der Waals surface area contributed by atoms with Crippen LogP contribution in [0.5, 0.6) is 11.5 Å². The Hall–Kier alpha value is -2.44. The number of oxazole rings is 1. The van der Waals surface area contributed by atoms with Gasteiger partial charge in [0.25, 0.3) is 0 Å². The molecule has 0 aliphatic carbocycles. The Morgan fingerprint density at radius 1 is 1.10 bits per heavy atom. The van der Waals surface area contributed by atoms with Crippen LogP contribution in [0.1, 0.15) is 36.6 Å². The number of carbonyl (C=O) groups is 1. The first-order valence-electron chi connectivity index (χ1n) is 10.5. The van der Waals surface area contributed by atoms with E-state index in [0.717, 1.165) is 41.8 Å². The van der Waals surface area contributed by atoms with E-state index in [1.54, 1.807) is 12.1 Å². The number of fused-ring (bicyclic) bond motifs is 2. The molecule has 0 bridgehead atoms. The SMILES string of the molecule is O=C(Cc1cc(Cl)c2c(c1)OCCCO2)N1CCC(c2nc3cc(Cl)ccc3o2)CC1. The van der Waals surface area contributed by atoms with Crippen LogP contribution in [-0.4, -0.2) is 42.1 Å². The van der Waals surface area contributed by atoms with Crippen LogP contribution in [0, 0.1) is 0 Å². The standard InChI is InChI=1S/C23H22Cl2N2O4/c24-16-2-3-19-18(13-16)26-23(31-19)15-4-6-27(7-5-15)21(28)12-14-10-17(25)22-20(11-14)29-8-1-9-30-22/h2-3,10-11,13,15H,1,4-9,12H2. The third kappa shape index (κ3) is 4.32. The minimum Gasteiger partial charge on any atom is -0.489 e. The Bertz CT molecular complexity index is 1120. The summed E-state index contributed by atoms with van der Waals surface area (Å²) in [5.41, 5.74) is 2.34. The lowest BCUT2D eigenvalue weighted by Crippen LogP contribution is -2.38. The van der Waals surface area contributed by atoms with Crippen LogP contribution in [-0.2, 0) is 11.2 Å². The molecule has 6 nitrogen and oxygen atoms in total. The molecule has 8 heteroatoms. The highest BCUT2D eigenvalue weighted by molar-refractivity contribution is 6.32. The summed E-state index contributed by atoms with van der Waals surface area (Å²) in [7, 11) is 0. The highest BCUT2D eigenvalue weighted by atomic mass is 35.5. The maximum Gasteiger partial charge on any atom is 0.226 e. The number of hydrogen-bond donors (Lipinski definition) is 0. The minimum absolute atomic E-state index is 0.0772. The van der Waals surface area contributed by atoms with E-state index in [1.165, 1.54) is 0 Å². The van der Waals surface area contributed by atoms with Crippen LogP contribution in [0.2, 0.25) is 10.0 Å². The van der Waals surface area contributed by atoms with Crippen molar-refractivity contribution in [2.75, 3.05) is 26.3 Å². The molecular formula is C23H22Cl2N2O4. The summed E-state index contributed by atoms with van der Waals surface area (Å²) in [6.45, 7) is 2.49. The number of ether oxygens (including phenoxy) is 2. The van der Waals surface area contributed by atoms with Crippen LogP contribution in [0.3, 0.4) is 0 Å². The summed E-state index contributed by atoms with van der Waals surface area (Å²) in [5, 5.41) is 1.12. The zero-order valence-corrected chi connectivity index (χ0v) is 18.4. The van der Waals surface area contributed by atoms with Crippen molar-refractivity contribution in [1.29, 1.82) is 0 Å². The average Bonchev–Trinajstić information content (AvgIpc) is 3.03. The Balaban J connectivity index is 1.23. The summed E-state index contributed by atoms with van der Waals surface area (Å²) >= 11 is 12.4. The van der Waals surface area contributed by atoms with Gasteiger partial charge in [0.15, 0.2) is 23.0 Å². The van der Waals surface area contributed by atoms with Crippen molar-refractivity contribution in [3.63, 3.8) is 0 Å². The maximum absolute atomic E-state index is 12.9. The van der Waals surface area contributed by atoms with Crippen LogP contribution in [0.25, 0.3) is 11.1 Å². The molecule has 0 spiro atoms. The first kappa shape index (κ1) is 20.5. The van der Waals surface area contributed by atoms with E-state index in [1.807, 2.05) is 23.1 Å². The van der Waals surface area contributed by atoms with Gasteiger partial charge >= 0.3 is 0 Å². The van der Waals surface area contributed by atoms with Crippen molar-refractivity contribution in [2.24, 2.45) is 0 Å². The monoisotopic (exact) mass is 460 g/mol. The number of nitrogens with zero attached hydrogens (tertiary/aromatic N) is 2. The van der Waals surface area contributed by atoms with Crippen molar-refractivity contribution in [1.82, 2.24) is 9.88 Å². The quantitative estimate of drug-likeness (QED) is 0.534. The molecule has 0 radical (unpaired) electrons. The normalized spacial score (nSPS) is 17.0. The minimum atomic E-state index is 0.0772. The van der Waals surface area contributed by atoms with Gasteiger partial charge in [-0.25, -0.2) is 4.98 Å². The lowest BCUT2D eigenvalue weighted by atomic mass is 9.96. The van der Waals surface area contributed by atoms with Crippen molar-refractivity contribution in [3.05, 3.63) is 51.8 Å². The summed E-state index contributed by atoms with van der Waals surface area (Å²) in [4.78, 5) is 19.4. The Morgan fingerprint density at radius 3 is 2.74 bits per heavy atom. The highest BCUT2D eigenvalue weighted by Crippen LogP contribution is 2.38. The molecule has 1 saturated heterocycles. The van der Waals surface area contributed by atoms with Crippen molar-refractivity contribution < 1.29 is 18.7 Å². The van der Waals surface area contributed by atoms with E-state index < -0.39 is 0 Å². The second-order valence-electron chi connectivity index (χ2n) is 7.95. The molecule has 0 unspecified atom stereocenters. The molecular weight excluding hydrogens is 439 g/mol. The Labute approximate surface area is 190 Å². The van der Waals surface area contributed by atoms with Gasteiger partial charge in [0.2, 0.25) is 5.91 Å². The molecule has 2 aliphatic rings. The number of amides is 1. The molecule has 1 amide bonds. The van der Waals surface area contributed by atoms with Crippen LogP contribution < -0.4 is 9.47 Å². The molecule has 3 aromatic rings. The first-order chi connectivity index (χ1) is 15.1. The third-order valence-corrected chi connectivity index (χ3v) is 6.30. The molecule has 2 aliphatic heterocycles. The van der Waals surface area contributed by atoms with E-state index >= 15 is 0 Å². The van der Waals surface area contributed by atoms with Crippen molar-refractivity contribution in [3.8, 4) is 11.5 Å². The van der Waals surface area contributed by atoms with Gasteiger partial charge in [-0.05, 0) is 48.7 Å². The highest BCUT2D eigenvalue weighted by Gasteiger charge is 2.27. The van der Waals surface area contributed by atoms with Crippen LogP contribution in [0.4, 0.5) is 0 Å².